The molecular weight excluding hydrogens is 336 g/mol. The molecule has 2 aromatic rings. The van der Waals surface area contributed by atoms with Gasteiger partial charge in [-0.25, -0.2) is 8.78 Å². The maximum Gasteiger partial charge on any atom is 0.243 e. The number of rotatable bonds is 5. The van der Waals surface area contributed by atoms with Crippen molar-refractivity contribution in [2.45, 2.75) is 19.8 Å². The van der Waals surface area contributed by atoms with Crippen molar-refractivity contribution in [3.8, 4) is 0 Å². The zero-order chi connectivity index (χ0) is 18.5. The van der Waals surface area contributed by atoms with Crippen molar-refractivity contribution in [3.63, 3.8) is 0 Å². The first kappa shape index (κ1) is 18.2. The third-order valence-corrected chi connectivity index (χ3v) is 4.67. The average molecular weight is 359 g/mol. The number of carbonyl (C=O) groups excluding carboxylic acids is 1. The van der Waals surface area contributed by atoms with Gasteiger partial charge in [-0.1, -0.05) is 6.92 Å². The Morgan fingerprint density at radius 1 is 1.12 bits per heavy atom. The lowest BCUT2D eigenvalue weighted by atomic mass is 9.99. The zero-order valence-electron chi connectivity index (χ0n) is 14.8. The van der Waals surface area contributed by atoms with E-state index in [4.69, 9.17) is 0 Å². The molecule has 4 nitrogen and oxygen atoms in total. The van der Waals surface area contributed by atoms with Gasteiger partial charge in [0.05, 0.1) is 12.2 Å². The van der Waals surface area contributed by atoms with E-state index < -0.39 is 17.5 Å². The van der Waals surface area contributed by atoms with E-state index in [0.29, 0.717) is 0 Å². The standard InChI is InChI=1S/C20H23F2N3O/c1-14-8-10-25(11-9-14)17-5-3-16(4-6-17)23-13-20(26)24-19-7-2-15(21)12-18(19)22/h2-7,12,14,23H,8-11,13H2,1H3,(H,24,26). The van der Waals surface area contributed by atoms with E-state index in [-0.39, 0.29) is 12.2 Å². The molecule has 6 heteroatoms. The van der Waals surface area contributed by atoms with Crippen LogP contribution in [0.15, 0.2) is 42.5 Å². The van der Waals surface area contributed by atoms with Crippen molar-refractivity contribution >= 4 is 23.0 Å². The molecule has 0 saturated carbocycles. The molecule has 1 saturated heterocycles. The molecule has 1 aliphatic heterocycles. The van der Waals surface area contributed by atoms with Crippen molar-refractivity contribution in [3.05, 3.63) is 54.1 Å². The summed E-state index contributed by atoms with van der Waals surface area (Å²) in [7, 11) is 0. The summed E-state index contributed by atoms with van der Waals surface area (Å²) in [5.41, 5.74) is 1.96. The maximum atomic E-state index is 13.5. The molecular formula is C20H23F2N3O. The fourth-order valence-electron chi connectivity index (χ4n) is 3.02. The topological polar surface area (TPSA) is 44.4 Å². The fraction of sp³-hybridized carbons (Fsp3) is 0.350. The molecule has 2 aromatic carbocycles. The van der Waals surface area contributed by atoms with Crippen molar-refractivity contribution in [2.24, 2.45) is 5.92 Å². The number of hydrogen-bond acceptors (Lipinski definition) is 3. The third-order valence-electron chi connectivity index (χ3n) is 4.67. The highest BCUT2D eigenvalue weighted by molar-refractivity contribution is 5.93. The maximum absolute atomic E-state index is 13.5. The number of carbonyl (C=O) groups is 1. The van der Waals surface area contributed by atoms with E-state index in [1.165, 1.54) is 24.6 Å². The van der Waals surface area contributed by atoms with Crippen LogP contribution in [0.25, 0.3) is 0 Å². The molecule has 1 fully saturated rings. The van der Waals surface area contributed by atoms with E-state index in [2.05, 4.69) is 22.5 Å². The summed E-state index contributed by atoms with van der Waals surface area (Å²) < 4.78 is 26.4. The first-order valence-electron chi connectivity index (χ1n) is 8.85. The molecule has 1 heterocycles. The number of anilines is 3. The molecule has 0 radical (unpaired) electrons. The molecule has 0 aromatic heterocycles. The van der Waals surface area contributed by atoms with Gasteiger partial charge in [0.1, 0.15) is 11.6 Å². The van der Waals surface area contributed by atoms with Gasteiger partial charge in [0.25, 0.3) is 0 Å². The molecule has 0 bridgehead atoms. The van der Waals surface area contributed by atoms with Gasteiger partial charge in [0.15, 0.2) is 0 Å². The minimum absolute atomic E-state index is 0.00259. The summed E-state index contributed by atoms with van der Waals surface area (Å²) in [6.07, 6.45) is 2.42. The Kier molecular flexibility index (Phi) is 5.71. The van der Waals surface area contributed by atoms with Crippen molar-refractivity contribution in [1.82, 2.24) is 0 Å². The zero-order valence-corrected chi connectivity index (χ0v) is 14.8. The van der Waals surface area contributed by atoms with Crippen LogP contribution in [0.3, 0.4) is 0 Å². The lowest BCUT2D eigenvalue weighted by molar-refractivity contribution is -0.114. The van der Waals surface area contributed by atoms with Crippen LogP contribution in [0.1, 0.15) is 19.8 Å². The third kappa shape index (κ3) is 4.71. The molecule has 138 valence electrons. The molecule has 0 atom stereocenters. The van der Waals surface area contributed by atoms with Crippen LogP contribution in [-0.4, -0.2) is 25.5 Å². The molecule has 1 amide bonds. The smallest absolute Gasteiger partial charge is 0.243 e. The van der Waals surface area contributed by atoms with Gasteiger partial charge >= 0.3 is 0 Å². The average Bonchev–Trinajstić information content (AvgIpc) is 2.63. The normalized spacial score (nSPS) is 15.0. The highest BCUT2D eigenvalue weighted by Crippen LogP contribution is 2.24. The molecule has 3 rings (SSSR count). The van der Waals surface area contributed by atoms with Crippen LogP contribution in [0.4, 0.5) is 25.8 Å². The summed E-state index contributed by atoms with van der Waals surface area (Å²) in [6, 6.07) is 11.0. The van der Waals surface area contributed by atoms with E-state index in [1.807, 2.05) is 24.3 Å². The largest absolute Gasteiger partial charge is 0.376 e. The van der Waals surface area contributed by atoms with E-state index >= 15 is 0 Å². The van der Waals surface area contributed by atoms with Crippen molar-refractivity contribution in [2.75, 3.05) is 35.2 Å². The first-order valence-corrected chi connectivity index (χ1v) is 8.85. The second kappa shape index (κ2) is 8.17. The predicted molar refractivity (Wildman–Crippen MR) is 101 cm³/mol. The predicted octanol–water partition coefficient (Wildman–Crippen LogP) is 4.25. The van der Waals surface area contributed by atoms with Crippen LogP contribution >= 0.6 is 0 Å². The first-order chi connectivity index (χ1) is 12.5. The lowest BCUT2D eigenvalue weighted by Crippen LogP contribution is -2.32. The molecule has 1 aliphatic rings. The van der Waals surface area contributed by atoms with Crippen LogP contribution in [0.5, 0.6) is 0 Å². The Morgan fingerprint density at radius 2 is 1.81 bits per heavy atom. The Bertz CT molecular complexity index is 756. The van der Waals surface area contributed by atoms with Gasteiger partial charge in [-0.15, -0.1) is 0 Å². The Labute approximate surface area is 152 Å². The van der Waals surface area contributed by atoms with Gasteiger partial charge < -0.3 is 15.5 Å². The Balaban J connectivity index is 1.50. The number of piperidine rings is 1. The highest BCUT2D eigenvalue weighted by atomic mass is 19.1. The monoisotopic (exact) mass is 359 g/mol. The Hall–Kier alpha value is -2.63. The van der Waals surface area contributed by atoms with Crippen molar-refractivity contribution < 1.29 is 13.6 Å². The van der Waals surface area contributed by atoms with Gasteiger partial charge in [0, 0.05) is 30.5 Å². The minimum Gasteiger partial charge on any atom is -0.376 e. The molecule has 0 spiro atoms. The number of nitrogens with one attached hydrogen (secondary N) is 2. The van der Waals surface area contributed by atoms with E-state index in [0.717, 1.165) is 36.8 Å². The minimum atomic E-state index is -0.793. The summed E-state index contributed by atoms with van der Waals surface area (Å²) in [4.78, 5) is 14.3. The van der Waals surface area contributed by atoms with Crippen LogP contribution < -0.4 is 15.5 Å². The number of amides is 1. The number of benzene rings is 2. The summed E-state index contributed by atoms with van der Waals surface area (Å²) in [5.74, 6) is -1.08. The second-order valence-corrected chi connectivity index (χ2v) is 6.74. The van der Waals surface area contributed by atoms with Crippen molar-refractivity contribution in [1.29, 1.82) is 0 Å². The summed E-state index contributed by atoms with van der Waals surface area (Å²) >= 11 is 0. The SMILES string of the molecule is CC1CCN(c2ccc(NCC(=O)Nc3ccc(F)cc3F)cc2)CC1. The second-order valence-electron chi connectivity index (χ2n) is 6.74. The Morgan fingerprint density at radius 3 is 2.46 bits per heavy atom. The van der Waals surface area contributed by atoms with Gasteiger partial charge in [-0.2, -0.15) is 0 Å². The molecule has 0 unspecified atom stereocenters. The molecule has 2 N–H and O–H groups in total. The van der Waals surface area contributed by atoms with Gasteiger partial charge in [-0.05, 0) is 55.2 Å². The van der Waals surface area contributed by atoms with Gasteiger partial charge in [0.2, 0.25) is 5.91 Å². The molecule has 0 aliphatic carbocycles. The van der Waals surface area contributed by atoms with Crippen LogP contribution in [-0.2, 0) is 4.79 Å². The fourth-order valence-corrected chi connectivity index (χ4v) is 3.02. The molecule has 26 heavy (non-hydrogen) atoms. The van der Waals surface area contributed by atoms with Gasteiger partial charge in [-0.3, -0.25) is 4.79 Å². The number of nitrogens with zero attached hydrogens (tertiary/aromatic N) is 1. The van der Waals surface area contributed by atoms with Crippen LogP contribution in [0.2, 0.25) is 0 Å². The lowest BCUT2D eigenvalue weighted by Gasteiger charge is -2.32. The van der Waals surface area contributed by atoms with Crippen LogP contribution in [0, 0.1) is 17.6 Å². The number of halogens is 2. The van der Waals surface area contributed by atoms with E-state index in [1.54, 1.807) is 0 Å². The summed E-state index contributed by atoms with van der Waals surface area (Å²) in [6.45, 7) is 4.42. The highest BCUT2D eigenvalue weighted by Gasteiger charge is 2.15. The number of hydrogen-bond donors (Lipinski definition) is 2. The quantitative estimate of drug-likeness (QED) is 0.839. The summed E-state index contributed by atoms with van der Waals surface area (Å²) in [5, 5.41) is 5.43. The van der Waals surface area contributed by atoms with E-state index in [9.17, 15) is 13.6 Å².